The highest BCUT2D eigenvalue weighted by molar-refractivity contribution is 5.94. The Kier molecular flexibility index (Phi) is 2.91. The predicted molar refractivity (Wildman–Crippen MR) is 63.2 cm³/mol. The summed E-state index contributed by atoms with van der Waals surface area (Å²) >= 11 is 0. The van der Waals surface area contributed by atoms with Crippen molar-refractivity contribution >= 4 is 5.78 Å². The lowest BCUT2D eigenvalue weighted by Gasteiger charge is -2.11. The molecule has 0 saturated heterocycles. The van der Waals surface area contributed by atoms with Gasteiger partial charge >= 0.3 is 0 Å². The highest BCUT2D eigenvalue weighted by Gasteiger charge is 2.12. The SMILES string of the molecule is CC1C=C(Cc2ccc(O)cc2)C=CC1=O. The van der Waals surface area contributed by atoms with E-state index in [0.717, 1.165) is 17.6 Å². The first kappa shape index (κ1) is 10.7. The molecule has 1 aromatic rings. The van der Waals surface area contributed by atoms with Crippen molar-refractivity contribution < 1.29 is 9.90 Å². The number of carbonyl (C=O) groups is 1. The van der Waals surface area contributed by atoms with Gasteiger partial charge in [-0.1, -0.05) is 31.2 Å². The van der Waals surface area contributed by atoms with E-state index in [1.807, 2.05) is 31.2 Å². The molecule has 0 fully saturated rings. The van der Waals surface area contributed by atoms with Crippen molar-refractivity contribution in [2.24, 2.45) is 5.92 Å². The van der Waals surface area contributed by atoms with Crippen molar-refractivity contribution in [3.63, 3.8) is 0 Å². The van der Waals surface area contributed by atoms with Gasteiger partial charge in [-0.2, -0.15) is 0 Å². The summed E-state index contributed by atoms with van der Waals surface area (Å²) in [5.74, 6) is 0.423. The fourth-order valence-corrected chi connectivity index (χ4v) is 1.77. The monoisotopic (exact) mass is 214 g/mol. The standard InChI is InChI=1S/C14H14O2/c1-10-8-12(4-7-14(10)16)9-11-2-5-13(15)6-3-11/h2-8,10,15H,9H2,1H3. The van der Waals surface area contributed by atoms with E-state index in [9.17, 15) is 4.79 Å². The second-order valence-corrected chi connectivity index (χ2v) is 4.11. The van der Waals surface area contributed by atoms with Crippen molar-refractivity contribution in [1.29, 1.82) is 0 Å². The average molecular weight is 214 g/mol. The summed E-state index contributed by atoms with van der Waals surface area (Å²) in [4.78, 5) is 11.3. The highest BCUT2D eigenvalue weighted by atomic mass is 16.3. The van der Waals surface area contributed by atoms with E-state index in [0.29, 0.717) is 0 Å². The van der Waals surface area contributed by atoms with Crippen molar-refractivity contribution in [3.05, 3.63) is 53.6 Å². The Morgan fingerprint density at radius 3 is 2.50 bits per heavy atom. The highest BCUT2D eigenvalue weighted by Crippen LogP contribution is 2.18. The van der Waals surface area contributed by atoms with E-state index < -0.39 is 0 Å². The molecule has 0 bridgehead atoms. The Balaban J connectivity index is 2.11. The molecule has 1 aliphatic rings. The van der Waals surface area contributed by atoms with Gasteiger partial charge in [0.05, 0.1) is 0 Å². The Hall–Kier alpha value is -1.83. The van der Waals surface area contributed by atoms with Crippen LogP contribution in [0.4, 0.5) is 0 Å². The van der Waals surface area contributed by atoms with Gasteiger partial charge in [-0.25, -0.2) is 0 Å². The van der Waals surface area contributed by atoms with Gasteiger partial charge in [-0.05, 0) is 35.8 Å². The van der Waals surface area contributed by atoms with Gasteiger partial charge in [0.25, 0.3) is 0 Å². The number of rotatable bonds is 2. The number of aromatic hydroxyl groups is 1. The van der Waals surface area contributed by atoms with Gasteiger partial charge in [0, 0.05) is 5.92 Å². The third-order valence-electron chi connectivity index (χ3n) is 2.72. The maximum absolute atomic E-state index is 11.3. The number of carbonyl (C=O) groups excluding carboxylic acids is 1. The number of phenolic OH excluding ortho intramolecular Hbond substituents is 1. The van der Waals surface area contributed by atoms with Crippen LogP contribution in [0.2, 0.25) is 0 Å². The molecule has 1 aliphatic carbocycles. The topological polar surface area (TPSA) is 37.3 Å². The van der Waals surface area contributed by atoms with Crippen LogP contribution in [0, 0.1) is 5.92 Å². The lowest BCUT2D eigenvalue weighted by Crippen LogP contribution is -2.09. The number of hydrogen-bond acceptors (Lipinski definition) is 2. The van der Waals surface area contributed by atoms with Gasteiger partial charge in [0.1, 0.15) is 5.75 Å². The van der Waals surface area contributed by atoms with Crippen molar-refractivity contribution in [1.82, 2.24) is 0 Å². The lowest BCUT2D eigenvalue weighted by molar-refractivity contribution is -0.116. The summed E-state index contributed by atoms with van der Waals surface area (Å²) in [7, 11) is 0. The molecular weight excluding hydrogens is 200 g/mol. The van der Waals surface area contributed by atoms with Crippen LogP contribution in [0.3, 0.4) is 0 Å². The second kappa shape index (κ2) is 4.35. The van der Waals surface area contributed by atoms with Crippen LogP contribution < -0.4 is 0 Å². The molecule has 16 heavy (non-hydrogen) atoms. The fourth-order valence-electron chi connectivity index (χ4n) is 1.77. The average Bonchev–Trinajstić information content (AvgIpc) is 2.27. The Morgan fingerprint density at radius 1 is 1.19 bits per heavy atom. The Morgan fingerprint density at radius 2 is 1.88 bits per heavy atom. The molecule has 2 rings (SSSR count). The summed E-state index contributed by atoms with van der Waals surface area (Å²) in [5, 5.41) is 9.17. The van der Waals surface area contributed by atoms with Crippen molar-refractivity contribution in [3.8, 4) is 5.75 Å². The molecule has 2 heteroatoms. The summed E-state index contributed by atoms with van der Waals surface area (Å²) < 4.78 is 0. The second-order valence-electron chi connectivity index (χ2n) is 4.11. The minimum Gasteiger partial charge on any atom is -0.508 e. The van der Waals surface area contributed by atoms with Gasteiger partial charge in [0.15, 0.2) is 5.78 Å². The summed E-state index contributed by atoms with van der Waals surface area (Å²) in [6.07, 6.45) is 6.30. The Labute approximate surface area is 94.9 Å². The zero-order chi connectivity index (χ0) is 11.5. The molecule has 1 atom stereocenters. The molecule has 82 valence electrons. The molecule has 0 saturated carbocycles. The number of phenols is 1. The molecule has 1 N–H and O–H groups in total. The first-order chi connectivity index (χ1) is 7.65. The first-order valence-electron chi connectivity index (χ1n) is 5.35. The van der Waals surface area contributed by atoms with Crippen LogP contribution in [0.1, 0.15) is 12.5 Å². The molecule has 0 amide bonds. The van der Waals surface area contributed by atoms with Crippen LogP contribution >= 0.6 is 0 Å². The molecule has 1 aromatic carbocycles. The van der Waals surface area contributed by atoms with E-state index in [4.69, 9.17) is 5.11 Å². The van der Waals surface area contributed by atoms with E-state index in [2.05, 4.69) is 0 Å². The zero-order valence-corrected chi connectivity index (χ0v) is 9.18. The molecule has 0 radical (unpaired) electrons. The molecule has 2 nitrogen and oxygen atoms in total. The van der Waals surface area contributed by atoms with E-state index in [1.54, 1.807) is 18.2 Å². The van der Waals surface area contributed by atoms with E-state index >= 15 is 0 Å². The van der Waals surface area contributed by atoms with Crippen LogP contribution in [0.5, 0.6) is 5.75 Å². The molecule has 1 unspecified atom stereocenters. The van der Waals surface area contributed by atoms with Gasteiger partial charge in [-0.15, -0.1) is 0 Å². The molecule has 0 heterocycles. The quantitative estimate of drug-likeness (QED) is 0.821. The number of hydrogen-bond donors (Lipinski definition) is 1. The molecule has 0 aliphatic heterocycles. The van der Waals surface area contributed by atoms with Crippen LogP contribution in [-0.4, -0.2) is 10.9 Å². The maximum Gasteiger partial charge on any atom is 0.162 e. The number of allylic oxidation sites excluding steroid dienone is 4. The van der Waals surface area contributed by atoms with Crippen LogP contribution in [-0.2, 0) is 11.2 Å². The van der Waals surface area contributed by atoms with Crippen molar-refractivity contribution in [2.45, 2.75) is 13.3 Å². The smallest absolute Gasteiger partial charge is 0.162 e. The third kappa shape index (κ3) is 2.40. The fraction of sp³-hybridized carbons (Fsp3) is 0.214. The summed E-state index contributed by atoms with van der Waals surface area (Å²) in [6.45, 7) is 1.91. The van der Waals surface area contributed by atoms with E-state index in [1.165, 1.54) is 0 Å². The maximum atomic E-state index is 11.3. The third-order valence-corrected chi connectivity index (χ3v) is 2.72. The van der Waals surface area contributed by atoms with E-state index in [-0.39, 0.29) is 17.5 Å². The number of benzene rings is 1. The molecule has 0 spiro atoms. The van der Waals surface area contributed by atoms with Gasteiger partial charge in [0.2, 0.25) is 0 Å². The molecule has 0 aromatic heterocycles. The van der Waals surface area contributed by atoms with Crippen molar-refractivity contribution in [2.75, 3.05) is 0 Å². The van der Waals surface area contributed by atoms with Gasteiger partial charge < -0.3 is 5.11 Å². The van der Waals surface area contributed by atoms with Gasteiger partial charge in [-0.3, -0.25) is 4.79 Å². The Bertz CT molecular complexity index is 452. The molecular formula is C14H14O2. The minimum atomic E-state index is -0.0166. The first-order valence-corrected chi connectivity index (χ1v) is 5.35. The summed E-state index contributed by atoms with van der Waals surface area (Å²) in [6, 6.07) is 7.14. The summed E-state index contributed by atoms with van der Waals surface area (Å²) in [5.41, 5.74) is 2.29. The number of ketones is 1. The van der Waals surface area contributed by atoms with Crippen LogP contribution in [0.25, 0.3) is 0 Å². The minimum absolute atomic E-state index is 0.0166. The predicted octanol–water partition coefficient (Wildman–Crippen LogP) is 2.64. The van der Waals surface area contributed by atoms with Crippen LogP contribution in [0.15, 0.2) is 48.1 Å². The lowest BCUT2D eigenvalue weighted by atomic mass is 9.93. The largest absolute Gasteiger partial charge is 0.508 e. The zero-order valence-electron chi connectivity index (χ0n) is 9.18. The normalized spacial score (nSPS) is 19.7.